The highest BCUT2D eigenvalue weighted by molar-refractivity contribution is 5.90. The molecule has 0 aliphatic carbocycles. The summed E-state index contributed by atoms with van der Waals surface area (Å²) >= 11 is 0. The third-order valence-electron chi connectivity index (χ3n) is 2.08. The van der Waals surface area contributed by atoms with E-state index in [0.717, 1.165) is 0 Å². The summed E-state index contributed by atoms with van der Waals surface area (Å²) in [7, 11) is 0. The molecular weight excluding hydrogens is 218 g/mol. The largest absolute Gasteiger partial charge is 0.346 e. The first-order valence-electron chi connectivity index (χ1n) is 5.51. The van der Waals surface area contributed by atoms with Crippen LogP contribution in [0.3, 0.4) is 0 Å². The summed E-state index contributed by atoms with van der Waals surface area (Å²) in [6.07, 6.45) is 3.56. The number of hydrogen-bond donors (Lipinski definition) is 3. The van der Waals surface area contributed by atoms with Crippen molar-refractivity contribution >= 4 is 5.91 Å². The molecule has 0 saturated heterocycles. The molecule has 1 aromatic rings. The fraction of sp³-hybridized carbons (Fsp3) is 0.545. The van der Waals surface area contributed by atoms with Crippen LogP contribution in [0.2, 0.25) is 0 Å². The molecule has 0 aliphatic heterocycles. The smallest absolute Gasteiger partial charge is 0.291 e. The molecule has 1 heterocycles. The molecule has 0 saturated carbocycles. The third kappa shape index (κ3) is 3.99. The van der Waals surface area contributed by atoms with Gasteiger partial charge in [-0.25, -0.2) is 4.98 Å². The van der Waals surface area contributed by atoms with Crippen LogP contribution in [0, 0.1) is 0 Å². The van der Waals surface area contributed by atoms with Crippen LogP contribution in [0.15, 0.2) is 12.2 Å². The van der Waals surface area contributed by atoms with Crippen molar-refractivity contribution in [1.29, 1.82) is 0 Å². The van der Waals surface area contributed by atoms with Gasteiger partial charge in [-0.05, 0) is 0 Å². The van der Waals surface area contributed by atoms with Gasteiger partial charge < -0.3 is 11.1 Å². The van der Waals surface area contributed by atoms with Crippen LogP contribution in [0.1, 0.15) is 37.2 Å². The average Bonchev–Trinajstić information content (AvgIpc) is 2.72. The van der Waals surface area contributed by atoms with Crippen LogP contribution >= 0.6 is 0 Å². The summed E-state index contributed by atoms with van der Waals surface area (Å²) in [6, 6.07) is 0. The van der Waals surface area contributed by atoms with Crippen LogP contribution in [0.5, 0.6) is 0 Å². The molecule has 0 spiro atoms. The lowest BCUT2D eigenvalue weighted by molar-refractivity contribution is 0.0948. The zero-order valence-electron chi connectivity index (χ0n) is 10.4. The van der Waals surface area contributed by atoms with Crippen molar-refractivity contribution in [1.82, 2.24) is 20.5 Å². The second-order valence-electron chi connectivity index (χ2n) is 4.67. The zero-order valence-corrected chi connectivity index (χ0v) is 10.4. The van der Waals surface area contributed by atoms with E-state index in [9.17, 15) is 4.79 Å². The molecular formula is C11H19N5O. The SMILES string of the molecule is CC(C)(C)c1nc(C(=O)NC/C=C/CN)n[nH]1. The Morgan fingerprint density at radius 1 is 1.47 bits per heavy atom. The Morgan fingerprint density at radius 3 is 2.71 bits per heavy atom. The van der Waals surface area contributed by atoms with Crippen LogP contribution in [-0.4, -0.2) is 34.2 Å². The monoisotopic (exact) mass is 237 g/mol. The third-order valence-corrected chi connectivity index (χ3v) is 2.08. The molecule has 6 heteroatoms. The van der Waals surface area contributed by atoms with Crippen molar-refractivity contribution in [3.63, 3.8) is 0 Å². The Balaban J connectivity index is 2.58. The van der Waals surface area contributed by atoms with Crippen molar-refractivity contribution in [3.8, 4) is 0 Å². The fourth-order valence-electron chi connectivity index (χ4n) is 1.11. The average molecular weight is 237 g/mol. The van der Waals surface area contributed by atoms with Gasteiger partial charge in [0.2, 0.25) is 5.82 Å². The number of aromatic amines is 1. The maximum atomic E-state index is 11.6. The van der Waals surface area contributed by atoms with Crippen LogP contribution in [0.25, 0.3) is 0 Å². The summed E-state index contributed by atoms with van der Waals surface area (Å²) in [5.41, 5.74) is 5.13. The molecule has 0 atom stereocenters. The standard InChI is InChI=1S/C11H19N5O/c1-11(2,3)10-14-8(15-16-10)9(17)13-7-5-4-6-12/h4-5H,6-7,12H2,1-3H3,(H,13,17)(H,14,15,16)/b5-4+. The molecule has 1 rings (SSSR count). The van der Waals surface area contributed by atoms with Crippen LogP contribution in [0.4, 0.5) is 0 Å². The second-order valence-corrected chi connectivity index (χ2v) is 4.67. The van der Waals surface area contributed by atoms with E-state index >= 15 is 0 Å². The number of amides is 1. The predicted octanol–water partition coefficient (Wildman–Crippen LogP) is 0.347. The fourth-order valence-corrected chi connectivity index (χ4v) is 1.11. The number of carbonyl (C=O) groups is 1. The van der Waals surface area contributed by atoms with Gasteiger partial charge in [-0.3, -0.25) is 9.89 Å². The van der Waals surface area contributed by atoms with Crippen LogP contribution < -0.4 is 11.1 Å². The first-order chi connectivity index (χ1) is 7.95. The molecule has 0 aromatic carbocycles. The lowest BCUT2D eigenvalue weighted by atomic mass is 9.96. The second kappa shape index (κ2) is 5.58. The van der Waals surface area contributed by atoms with E-state index < -0.39 is 0 Å². The summed E-state index contributed by atoms with van der Waals surface area (Å²) in [5.74, 6) is 0.564. The highest BCUT2D eigenvalue weighted by Gasteiger charge is 2.20. The predicted molar refractivity (Wildman–Crippen MR) is 65.6 cm³/mol. The molecule has 0 fully saturated rings. The first kappa shape index (κ1) is 13.4. The van der Waals surface area contributed by atoms with Crippen molar-refractivity contribution in [2.75, 3.05) is 13.1 Å². The number of carbonyl (C=O) groups excluding carboxylic acids is 1. The Bertz CT molecular complexity index is 402. The van der Waals surface area contributed by atoms with Crippen molar-refractivity contribution in [2.45, 2.75) is 26.2 Å². The Kier molecular flexibility index (Phi) is 4.39. The number of rotatable bonds is 4. The summed E-state index contributed by atoms with van der Waals surface area (Å²) in [4.78, 5) is 15.8. The van der Waals surface area contributed by atoms with Gasteiger partial charge in [-0.2, -0.15) is 0 Å². The Hall–Kier alpha value is -1.69. The highest BCUT2D eigenvalue weighted by Crippen LogP contribution is 2.17. The van der Waals surface area contributed by atoms with Gasteiger partial charge >= 0.3 is 0 Å². The minimum Gasteiger partial charge on any atom is -0.346 e. The van der Waals surface area contributed by atoms with E-state index in [1.807, 2.05) is 20.8 Å². The zero-order chi connectivity index (χ0) is 12.9. The van der Waals surface area contributed by atoms with Gasteiger partial charge in [0.05, 0.1) is 0 Å². The summed E-state index contributed by atoms with van der Waals surface area (Å²) < 4.78 is 0. The molecule has 6 nitrogen and oxygen atoms in total. The van der Waals surface area contributed by atoms with E-state index in [2.05, 4.69) is 20.5 Å². The molecule has 1 amide bonds. The maximum absolute atomic E-state index is 11.6. The van der Waals surface area contributed by atoms with Gasteiger partial charge in [-0.15, -0.1) is 5.10 Å². The van der Waals surface area contributed by atoms with Gasteiger partial charge in [-0.1, -0.05) is 32.9 Å². The number of nitrogens with two attached hydrogens (primary N) is 1. The summed E-state index contributed by atoms with van der Waals surface area (Å²) in [6.45, 7) is 6.89. The first-order valence-corrected chi connectivity index (χ1v) is 5.51. The highest BCUT2D eigenvalue weighted by atomic mass is 16.2. The number of H-pyrrole nitrogens is 1. The molecule has 17 heavy (non-hydrogen) atoms. The van der Waals surface area contributed by atoms with Crippen molar-refractivity contribution < 1.29 is 4.79 Å². The van der Waals surface area contributed by atoms with E-state index in [4.69, 9.17) is 5.73 Å². The Labute approximate surface area is 101 Å². The summed E-state index contributed by atoms with van der Waals surface area (Å²) in [5, 5.41) is 9.32. The van der Waals surface area contributed by atoms with Crippen molar-refractivity contribution in [2.24, 2.45) is 5.73 Å². The van der Waals surface area contributed by atoms with E-state index in [-0.39, 0.29) is 17.1 Å². The van der Waals surface area contributed by atoms with Gasteiger partial charge in [0, 0.05) is 18.5 Å². The molecule has 0 radical (unpaired) electrons. The normalized spacial score (nSPS) is 12.0. The van der Waals surface area contributed by atoms with Crippen molar-refractivity contribution in [3.05, 3.63) is 23.8 Å². The molecule has 0 aliphatic rings. The molecule has 0 unspecified atom stereocenters. The van der Waals surface area contributed by atoms with E-state index in [1.54, 1.807) is 12.2 Å². The van der Waals surface area contributed by atoms with E-state index in [0.29, 0.717) is 18.9 Å². The molecule has 94 valence electrons. The Morgan fingerprint density at radius 2 is 2.18 bits per heavy atom. The van der Waals surface area contributed by atoms with Gasteiger partial charge in [0.25, 0.3) is 5.91 Å². The van der Waals surface area contributed by atoms with Gasteiger partial charge in [0.15, 0.2) is 0 Å². The number of aromatic nitrogens is 3. The van der Waals surface area contributed by atoms with Gasteiger partial charge in [0.1, 0.15) is 5.82 Å². The molecule has 4 N–H and O–H groups in total. The quantitative estimate of drug-likeness (QED) is 0.658. The minimum atomic E-state index is -0.293. The van der Waals surface area contributed by atoms with E-state index in [1.165, 1.54) is 0 Å². The molecule has 1 aromatic heterocycles. The number of hydrogen-bond acceptors (Lipinski definition) is 4. The minimum absolute atomic E-state index is 0.148. The lowest BCUT2D eigenvalue weighted by Crippen LogP contribution is -2.25. The number of nitrogens with one attached hydrogen (secondary N) is 2. The number of nitrogens with zero attached hydrogens (tertiary/aromatic N) is 2. The lowest BCUT2D eigenvalue weighted by Gasteiger charge is -2.12. The maximum Gasteiger partial charge on any atom is 0.291 e. The van der Waals surface area contributed by atoms with Crippen LogP contribution in [-0.2, 0) is 5.41 Å². The molecule has 0 bridgehead atoms. The topological polar surface area (TPSA) is 96.7 Å².